The van der Waals surface area contributed by atoms with Crippen LogP contribution in [0.25, 0.3) is 10.8 Å². The van der Waals surface area contributed by atoms with Gasteiger partial charge in [0.25, 0.3) is 41.9 Å². The number of hydrogen-bond acceptors (Lipinski definition) is 9. The average Bonchev–Trinajstić information content (AvgIpc) is 2.70. The Morgan fingerprint density at radius 3 is 1.84 bits per heavy atom. The zero-order valence-corrected chi connectivity index (χ0v) is 18.8. The molecule has 20 heteroatoms. The van der Waals surface area contributed by atoms with Crippen LogP contribution in [0, 0.1) is 10.1 Å². The van der Waals surface area contributed by atoms with Crippen LogP contribution >= 0.6 is 0 Å². The van der Waals surface area contributed by atoms with Crippen LogP contribution in [0.3, 0.4) is 0 Å². The number of nitro groups is 1. The summed E-state index contributed by atoms with van der Waals surface area (Å²) in [6.45, 7) is 0. The predicted molar refractivity (Wildman–Crippen MR) is 136 cm³/mol. The number of non-ortho nitro benzene ring substituents is 1. The van der Waals surface area contributed by atoms with Crippen LogP contribution in [-0.4, -0.2) is 138 Å². The summed E-state index contributed by atoms with van der Waals surface area (Å²) in [5.74, 6) is -1.36. The van der Waals surface area contributed by atoms with Crippen molar-refractivity contribution >= 4 is 147 Å². The number of amides is 1. The molecule has 0 aliphatic heterocycles. The molecule has 37 heavy (non-hydrogen) atoms. The quantitative estimate of drug-likeness (QED) is 0.124. The van der Waals surface area contributed by atoms with Crippen molar-refractivity contribution in [2.45, 2.75) is 14.7 Å². The number of rotatable bonds is 6. The molecule has 4 N–H and O–H groups in total. The first-order valence-corrected chi connectivity index (χ1v) is 12.9. The third kappa shape index (κ3) is 8.50. The molecule has 0 aliphatic rings. The molecule has 0 atom stereocenters. The summed E-state index contributed by atoms with van der Waals surface area (Å²) in [6.07, 6.45) is 0. The van der Waals surface area contributed by atoms with Crippen LogP contribution in [0.2, 0.25) is 0 Å². The van der Waals surface area contributed by atoms with Crippen molar-refractivity contribution in [3.8, 4) is 0 Å². The molecule has 3 aromatic carbocycles. The van der Waals surface area contributed by atoms with E-state index in [1.807, 2.05) is 0 Å². The fraction of sp³-hybridized carbons (Fsp3) is 0. The van der Waals surface area contributed by atoms with Crippen molar-refractivity contribution in [3.63, 3.8) is 0 Å². The number of nitrogens with zero attached hydrogens (tertiary/aromatic N) is 1. The monoisotopic (exact) mass is 604 g/mol. The zero-order valence-electron chi connectivity index (χ0n) is 16.3. The molecule has 3 aromatic rings. The molecular weight excluding hydrogens is 589 g/mol. The maximum absolute atomic E-state index is 12.8. The summed E-state index contributed by atoms with van der Waals surface area (Å²) in [4.78, 5) is 20.1. The van der Waals surface area contributed by atoms with E-state index in [1.54, 1.807) is 0 Å². The maximum atomic E-state index is 12.8. The number of hydrogen-bond donors (Lipinski definition) is 4. The van der Waals surface area contributed by atoms with Gasteiger partial charge in [0.2, 0.25) is 0 Å². The normalized spacial score (nSPS) is 11.4. The van der Waals surface area contributed by atoms with Gasteiger partial charge in [0.1, 0.15) is 9.79 Å². The predicted octanol–water partition coefficient (Wildman–Crippen LogP) is -0.205. The summed E-state index contributed by atoms with van der Waals surface area (Å²) >= 11 is 0. The van der Waals surface area contributed by atoms with Gasteiger partial charge in [0.05, 0.1) is 21.1 Å². The van der Waals surface area contributed by atoms with Crippen molar-refractivity contribution in [1.82, 2.24) is 0 Å². The molecule has 0 radical (unpaired) electrons. The molecule has 0 heterocycles. The Kier molecular flexibility index (Phi) is 13.1. The van der Waals surface area contributed by atoms with Crippen molar-refractivity contribution in [3.05, 3.63) is 64.2 Å². The molecular formula is C17H15N2Na3O12S3. The molecule has 1 amide bonds. The summed E-state index contributed by atoms with van der Waals surface area (Å²) in [5, 5.41) is 12.4. The Balaban J connectivity index is 0.00000432. The van der Waals surface area contributed by atoms with Crippen molar-refractivity contribution < 1.29 is 48.6 Å². The van der Waals surface area contributed by atoms with E-state index in [9.17, 15) is 53.8 Å². The van der Waals surface area contributed by atoms with Crippen LogP contribution in [0.5, 0.6) is 0 Å². The van der Waals surface area contributed by atoms with Gasteiger partial charge in [0.15, 0.2) is 0 Å². The number of fused-ring (bicyclic) bond motifs is 1. The number of nitrogens with one attached hydrogen (secondary N) is 1. The number of nitro benzene ring substituents is 1. The molecule has 3 rings (SSSR count). The second kappa shape index (κ2) is 13.2. The molecule has 0 fully saturated rings. The molecule has 0 saturated heterocycles. The van der Waals surface area contributed by atoms with Gasteiger partial charge in [-0.15, -0.1) is 0 Å². The van der Waals surface area contributed by atoms with Gasteiger partial charge >= 0.3 is 88.7 Å². The number of carbonyl (C=O) groups excluding carboxylic acids is 1. The average molecular weight is 604 g/mol. The topological polar surface area (TPSA) is 235 Å². The Hall–Kier alpha value is -0.480. The van der Waals surface area contributed by atoms with Gasteiger partial charge in [-0.2, -0.15) is 25.3 Å². The first kappa shape index (κ1) is 36.5. The van der Waals surface area contributed by atoms with E-state index >= 15 is 0 Å². The molecule has 14 nitrogen and oxygen atoms in total. The Bertz CT molecular complexity index is 1710. The van der Waals surface area contributed by atoms with Crippen LogP contribution < -0.4 is 5.32 Å². The summed E-state index contributed by atoms with van der Waals surface area (Å²) < 4.78 is 98.7. The third-order valence-electron chi connectivity index (χ3n) is 4.43. The second-order valence-corrected chi connectivity index (χ2v) is 10.8. The van der Waals surface area contributed by atoms with Crippen LogP contribution in [0.4, 0.5) is 11.4 Å². The van der Waals surface area contributed by atoms with Crippen molar-refractivity contribution in [2.75, 3.05) is 5.32 Å². The SMILES string of the molecule is O=C(Nc1cc(S(=O)(=O)O)cc2cccc(S(=O)(=O)O)c12)c1ccc([N+](=O)[O-])cc1S(=O)(=O)O.[NaH].[NaH].[NaH]. The van der Waals surface area contributed by atoms with E-state index in [0.29, 0.717) is 18.2 Å². The molecule has 0 aromatic heterocycles. The summed E-state index contributed by atoms with van der Waals surface area (Å²) in [5.41, 5.74) is -2.19. The third-order valence-corrected chi connectivity index (χ3v) is 7.06. The fourth-order valence-electron chi connectivity index (χ4n) is 3.04. The van der Waals surface area contributed by atoms with Gasteiger partial charge in [-0.1, -0.05) is 12.1 Å². The minimum absolute atomic E-state index is 0. The Morgan fingerprint density at radius 2 is 1.35 bits per heavy atom. The van der Waals surface area contributed by atoms with E-state index < -0.39 is 78.2 Å². The fourth-order valence-corrected chi connectivity index (χ4v) is 5.03. The second-order valence-electron chi connectivity index (χ2n) is 6.64. The molecule has 0 saturated carbocycles. The first-order chi connectivity index (χ1) is 15.5. The van der Waals surface area contributed by atoms with Gasteiger partial charge in [0, 0.05) is 17.5 Å². The number of anilines is 1. The molecule has 0 spiro atoms. The Labute approximate surface area is 276 Å². The molecule has 0 bridgehead atoms. The van der Waals surface area contributed by atoms with Crippen LogP contribution in [0.1, 0.15) is 10.4 Å². The van der Waals surface area contributed by atoms with Crippen LogP contribution in [-0.2, 0) is 30.4 Å². The minimum atomic E-state index is -5.17. The van der Waals surface area contributed by atoms with Crippen molar-refractivity contribution in [2.24, 2.45) is 0 Å². The van der Waals surface area contributed by atoms with Gasteiger partial charge in [-0.25, -0.2) is 0 Å². The van der Waals surface area contributed by atoms with E-state index in [0.717, 1.165) is 24.3 Å². The van der Waals surface area contributed by atoms with E-state index in [1.165, 1.54) is 6.07 Å². The molecule has 0 unspecified atom stereocenters. The molecule has 186 valence electrons. The van der Waals surface area contributed by atoms with Gasteiger partial charge in [-0.3, -0.25) is 28.6 Å². The number of benzene rings is 3. The molecule has 0 aliphatic carbocycles. The van der Waals surface area contributed by atoms with E-state index in [2.05, 4.69) is 5.32 Å². The van der Waals surface area contributed by atoms with E-state index in [-0.39, 0.29) is 94.1 Å². The van der Waals surface area contributed by atoms with Gasteiger partial charge < -0.3 is 5.32 Å². The Morgan fingerprint density at radius 1 is 0.784 bits per heavy atom. The van der Waals surface area contributed by atoms with E-state index in [4.69, 9.17) is 0 Å². The van der Waals surface area contributed by atoms with Gasteiger partial charge in [-0.05, 0) is 29.7 Å². The number of carbonyl (C=O) groups is 1. The standard InChI is InChI=1S/C17H12N2O12S3.3Na.3H/c20-17(12-5-4-10(19(21)22)7-15(12)34(29,30)31)18-13-8-11(32(23,24)25)6-9-2-1-3-14(16(9)13)33(26,27)28;;;;;;/h1-8H,(H,18,20)(H,23,24,25)(H,26,27,28)(H,29,30,31);;;;;;. The summed E-state index contributed by atoms with van der Waals surface area (Å²) in [7, 11) is -15.0. The zero-order chi connectivity index (χ0) is 25.6. The van der Waals surface area contributed by atoms with Crippen molar-refractivity contribution in [1.29, 1.82) is 0 Å². The van der Waals surface area contributed by atoms with Crippen LogP contribution in [0.15, 0.2) is 63.2 Å². The first-order valence-electron chi connectivity index (χ1n) is 8.59. The summed E-state index contributed by atoms with van der Waals surface area (Å²) in [6, 6.07) is 6.60.